The lowest BCUT2D eigenvalue weighted by atomic mass is 10.0. The summed E-state index contributed by atoms with van der Waals surface area (Å²) in [7, 11) is 0. The zero-order valence-corrected chi connectivity index (χ0v) is 22.1. The van der Waals surface area contributed by atoms with Gasteiger partial charge in [0.25, 0.3) is 5.91 Å². The van der Waals surface area contributed by atoms with Crippen molar-refractivity contribution < 1.29 is 14.3 Å². The van der Waals surface area contributed by atoms with Crippen LogP contribution in [0.1, 0.15) is 48.1 Å². The summed E-state index contributed by atoms with van der Waals surface area (Å²) < 4.78 is 5.96. The van der Waals surface area contributed by atoms with Crippen LogP contribution in [0.5, 0.6) is 5.75 Å². The van der Waals surface area contributed by atoms with E-state index in [1.54, 1.807) is 4.90 Å². The van der Waals surface area contributed by atoms with Gasteiger partial charge in [0.15, 0.2) is 6.61 Å². The van der Waals surface area contributed by atoms with Crippen LogP contribution in [-0.4, -0.2) is 35.4 Å². The van der Waals surface area contributed by atoms with Crippen molar-refractivity contribution in [3.05, 3.63) is 101 Å². The zero-order valence-electron chi connectivity index (χ0n) is 22.1. The number of nitrogens with one attached hydrogen (secondary N) is 1. The van der Waals surface area contributed by atoms with E-state index >= 15 is 0 Å². The lowest BCUT2D eigenvalue weighted by molar-refractivity contribution is -0.143. The first kappa shape index (κ1) is 27.0. The Morgan fingerprint density at radius 3 is 2.25 bits per heavy atom. The second kappa shape index (κ2) is 12.9. The number of aryl methyl sites for hydroxylation is 3. The molecule has 190 valence electrons. The van der Waals surface area contributed by atoms with Crippen molar-refractivity contribution in [2.75, 3.05) is 6.61 Å². The first-order valence-corrected chi connectivity index (χ1v) is 12.7. The summed E-state index contributed by atoms with van der Waals surface area (Å²) in [5, 5.41) is 3.10. The molecule has 5 heteroatoms. The van der Waals surface area contributed by atoms with Crippen molar-refractivity contribution in [1.82, 2.24) is 10.2 Å². The fourth-order valence-corrected chi connectivity index (χ4v) is 4.19. The highest BCUT2D eigenvalue weighted by Gasteiger charge is 2.31. The molecule has 0 bridgehead atoms. The smallest absolute Gasteiger partial charge is 0.261 e. The van der Waals surface area contributed by atoms with Gasteiger partial charge in [0.1, 0.15) is 11.8 Å². The van der Waals surface area contributed by atoms with Gasteiger partial charge in [-0.2, -0.15) is 0 Å². The van der Waals surface area contributed by atoms with Crippen LogP contribution in [0.4, 0.5) is 0 Å². The van der Waals surface area contributed by atoms with Crippen molar-refractivity contribution in [3.8, 4) is 5.75 Å². The van der Waals surface area contributed by atoms with E-state index in [9.17, 15) is 9.59 Å². The molecule has 3 aromatic rings. The first-order valence-electron chi connectivity index (χ1n) is 12.7. The number of rotatable bonds is 11. The maximum absolute atomic E-state index is 13.7. The molecule has 0 aromatic heterocycles. The molecule has 0 saturated heterocycles. The average Bonchev–Trinajstić information content (AvgIpc) is 2.86. The molecule has 2 unspecified atom stereocenters. The molecule has 0 fully saturated rings. The lowest BCUT2D eigenvalue weighted by Gasteiger charge is -2.32. The summed E-state index contributed by atoms with van der Waals surface area (Å²) in [5.41, 5.74) is 5.19. The van der Waals surface area contributed by atoms with E-state index in [1.165, 1.54) is 0 Å². The number of amides is 2. The standard InChI is InChI=1S/C31H38N2O3/c1-6-25(5)32-31(35)28(19-26-12-8-7-9-13-26)33(20-27-14-10-11-22(2)18-27)30(34)21-36-29-16-15-23(3)17-24(29)4/h7-18,25,28H,6,19-21H2,1-5H3,(H,32,35). The normalized spacial score (nSPS) is 12.5. The maximum atomic E-state index is 13.7. The van der Waals surface area contributed by atoms with Crippen molar-refractivity contribution in [3.63, 3.8) is 0 Å². The van der Waals surface area contributed by atoms with E-state index in [-0.39, 0.29) is 24.5 Å². The highest BCUT2D eigenvalue weighted by molar-refractivity contribution is 5.88. The van der Waals surface area contributed by atoms with E-state index < -0.39 is 6.04 Å². The predicted octanol–water partition coefficient (Wildman–Crippen LogP) is 5.55. The molecule has 0 aliphatic rings. The average molecular weight is 487 g/mol. The first-order chi connectivity index (χ1) is 17.3. The van der Waals surface area contributed by atoms with Crippen molar-refractivity contribution in [2.24, 2.45) is 0 Å². The van der Waals surface area contributed by atoms with Crippen LogP contribution in [0.2, 0.25) is 0 Å². The summed E-state index contributed by atoms with van der Waals surface area (Å²) in [6.45, 7) is 10.2. The Hall–Kier alpha value is -3.60. The molecule has 0 aliphatic heterocycles. The van der Waals surface area contributed by atoms with E-state index in [0.29, 0.717) is 18.7 Å². The van der Waals surface area contributed by atoms with Gasteiger partial charge in [-0.05, 0) is 56.9 Å². The summed E-state index contributed by atoms with van der Waals surface area (Å²) in [5.74, 6) is 0.297. The second-order valence-electron chi connectivity index (χ2n) is 9.59. The quantitative estimate of drug-likeness (QED) is 0.387. The Kier molecular flexibility index (Phi) is 9.69. The number of carbonyl (C=O) groups excluding carboxylic acids is 2. The number of carbonyl (C=O) groups is 2. The van der Waals surface area contributed by atoms with Crippen LogP contribution in [0, 0.1) is 20.8 Å². The molecule has 3 rings (SSSR count). The monoisotopic (exact) mass is 486 g/mol. The van der Waals surface area contributed by atoms with Crippen molar-refractivity contribution >= 4 is 11.8 Å². The zero-order chi connectivity index (χ0) is 26.1. The molecule has 2 amide bonds. The highest BCUT2D eigenvalue weighted by Crippen LogP contribution is 2.20. The van der Waals surface area contributed by atoms with Crippen LogP contribution >= 0.6 is 0 Å². The molecule has 5 nitrogen and oxygen atoms in total. The summed E-state index contributed by atoms with van der Waals surface area (Å²) >= 11 is 0. The molecule has 0 saturated carbocycles. The molecule has 0 heterocycles. The molecule has 0 spiro atoms. The topological polar surface area (TPSA) is 58.6 Å². The van der Waals surface area contributed by atoms with Gasteiger partial charge in [-0.25, -0.2) is 0 Å². The third kappa shape index (κ3) is 7.70. The van der Waals surface area contributed by atoms with Gasteiger partial charge >= 0.3 is 0 Å². The third-order valence-corrected chi connectivity index (χ3v) is 6.39. The Morgan fingerprint density at radius 2 is 1.58 bits per heavy atom. The second-order valence-corrected chi connectivity index (χ2v) is 9.59. The SMILES string of the molecule is CCC(C)NC(=O)C(Cc1ccccc1)N(Cc1cccc(C)c1)C(=O)COc1ccc(C)cc1C. The molecule has 1 N–H and O–H groups in total. The van der Waals surface area contributed by atoms with E-state index in [2.05, 4.69) is 11.4 Å². The van der Waals surface area contributed by atoms with E-state index in [0.717, 1.165) is 34.2 Å². The highest BCUT2D eigenvalue weighted by atomic mass is 16.5. The Labute approximate surface area is 215 Å². The minimum absolute atomic E-state index is 0.0122. The Balaban J connectivity index is 1.92. The Morgan fingerprint density at radius 1 is 0.889 bits per heavy atom. The van der Waals surface area contributed by atoms with Gasteiger partial charge < -0.3 is 15.0 Å². The van der Waals surface area contributed by atoms with Gasteiger partial charge in [-0.3, -0.25) is 9.59 Å². The molecular formula is C31H38N2O3. The fraction of sp³-hybridized carbons (Fsp3) is 0.355. The third-order valence-electron chi connectivity index (χ3n) is 6.39. The molecular weight excluding hydrogens is 448 g/mol. The van der Waals surface area contributed by atoms with Crippen LogP contribution in [0.25, 0.3) is 0 Å². The lowest BCUT2D eigenvalue weighted by Crippen LogP contribution is -2.53. The van der Waals surface area contributed by atoms with Crippen molar-refractivity contribution in [2.45, 2.75) is 66.1 Å². The number of benzene rings is 3. The summed E-state index contributed by atoms with van der Waals surface area (Å²) in [4.78, 5) is 28.9. The van der Waals surface area contributed by atoms with Gasteiger partial charge in [0.05, 0.1) is 0 Å². The molecule has 0 aliphatic carbocycles. The number of hydrogen-bond acceptors (Lipinski definition) is 3. The fourth-order valence-electron chi connectivity index (χ4n) is 4.19. The van der Waals surface area contributed by atoms with Crippen molar-refractivity contribution in [1.29, 1.82) is 0 Å². The summed E-state index contributed by atoms with van der Waals surface area (Å²) in [6.07, 6.45) is 1.23. The van der Waals surface area contributed by atoms with Gasteiger partial charge in [-0.15, -0.1) is 0 Å². The Bertz CT molecular complexity index is 1160. The molecule has 3 aromatic carbocycles. The van der Waals surface area contributed by atoms with E-state index in [4.69, 9.17) is 4.74 Å². The number of hydrogen-bond donors (Lipinski definition) is 1. The minimum Gasteiger partial charge on any atom is -0.483 e. The molecule has 0 radical (unpaired) electrons. The van der Waals surface area contributed by atoms with Crippen LogP contribution in [0.15, 0.2) is 72.8 Å². The van der Waals surface area contributed by atoms with Gasteiger partial charge in [0, 0.05) is 19.0 Å². The summed E-state index contributed by atoms with van der Waals surface area (Å²) in [6, 6.07) is 23.1. The van der Waals surface area contributed by atoms with Crippen LogP contribution in [0.3, 0.4) is 0 Å². The van der Waals surface area contributed by atoms with Crippen LogP contribution in [-0.2, 0) is 22.6 Å². The maximum Gasteiger partial charge on any atom is 0.261 e. The molecule has 2 atom stereocenters. The predicted molar refractivity (Wildman–Crippen MR) is 145 cm³/mol. The molecule has 36 heavy (non-hydrogen) atoms. The van der Waals surface area contributed by atoms with E-state index in [1.807, 2.05) is 101 Å². The largest absolute Gasteiger partial charge is 0.483 e. The minimum atomic E-state index is -0.669. The number of nitrogens with zero attached hydrogens (tertiary/aromatic N) is 1. The number of ether oxygens (including phenoxy) is 1. The van der Waals surface area contributed by atoms with Gasteiger partial charge in [0.2, 0.25) is 5.91 Å². The van der Waals surface area contributed by atoms with Gasteiger partial charge in [-0.1, -0.05) is 84.8 Å². The van der Waals surface area contributed by atoms with Crippen LogP contribution < -0.4 is 10.1 Å².